The summed E-state index contributed by atoms with van der Waals surface area (Å²) in [7, 11) is 0. The molecular formula is C33H40N6O2. The van der Waals surface area contributed by atoms with Crippen LogP contribution < -0.4 is 15.4 Å². The summed E-state index contributed by atoms with van der Waals surface area (Å²) >= 11 is 0. The van der Waals surface area contributed by atoms with Crippen molar-refractivity contribution >= 4 is 11.7 Å². The minimum absolute atomic E-state index is 0.172. The zero-order valence-corrected chi connectivity index (χ0v) is 23.6. The SMILES string of the molecule is O=C(NCCCn1ccnc1)Nc1cccc(CN2CCCN(Cc3ccc(OCc4ccccc4)cc3)CC2)c1. The maximum Gasteiger partial charge on any atom is 0.319 e. The molecule has 1 aliphatic rings. The first-order valence-corrected chi connectivity index (χ1v) is 14.5. The lowest BCUT2D eigenvalue weighted by Gasteiger charge is -2.22. The van der Waals surface area contributed by atoms with Gasteiger partial charge in [-0.15, -0.1) is 0 Å². The van der Waals surface area contributed by atoms with Crippen molar-refractivity contribution in [2.45, 2.75) is 39.1 Å². The largest absolute Gasteiger partial charge is 0.489 e. The second-order valence-electron chi connectivity index (χ2n) is 10.6. The molecule has 8 nitrogen and oxygen atoms in total. The van der Waals surface area contributed by atoms with Gasteiger partial charge in [-0.05, 0) is 66.9 Å². The number of hydrogen-bond donors (Lipinski definition) is 2. The summed E-state index contributed by atoms with van der Waals surface area (Å²) in [6.45, 7) is 8.07. The Balaban J connectivity index is 1.02. The van der Waals surface area contributed by atoms with Crippen LogP contribution in [0.15, 0.2) is 97.6 Å². The van der Waals surface area contributed by atoms with Gasteiger partial charge in [0.05, 0.1) is 6.33 Å². The summed E-state index contributed by atoms with van der Waals surface area (Å²) in [4.78, 5) is 21.4. The van der Waals surface area contributed by atoms with Gasteiger partial charge in [0.15, 0.2) is 0 Å². The lowest BCUT2D eigenvalue weighted by Crippen LogP contribution is -2.31. The third-order valence-electron chi connectivity index (χ3n) is 7.29. The fourth-order valence-electron chi connectivity index (χ4n) is 5.09. The molecule has 0 atom stereocenters. The second kappa shape index (κ2) is 15.0. The number of imidazole rings is 1. The molecule has 5 rings (SSSR count). The molecule has 2 amide bonds. The third kappa shape index (κ3) is 9.48. The van der Waals surface area contributed by atoms with Crippen molar-refractivity contribution in [3.63, 3.8) is 0 Å². The molecule has 1 aromatic heterocycles. The van der Waals surface area contributed by atoms with Crippen molar-refractivity contribution in [1.29, 1.82) is 0 Å². The van der Waals surface area contributed by atoms with E-state index in [2.05, 4.69) is 73.9 Å². The van der Waals surface area contributed by atoms with Crippen LogP contribution in [0.1, 0.15) is 29.5 Å². The summed E-state index contributed by atoms with van der Waals surface area (Å²) < 4.78 is 7.95. The standard InChI is InChI=1S/C33H40N6O2/c40-33(35-15-5-17-39-20-16-34-27-39)36-31-10-4-9-30(23-31)25-38-19-6-18-37(21-22-38)24-28-11-13-32(14-12-28)41-26-29-7-2-1-3-8-29/h1-4,7-14,16,20,23,27H,5-6,15,17-19,21-22,24-26H2,(H2,35,36,40). The van der Waals surface area contributed by atoms with Crippen molar-refractivity contribution in [3.8, 4) is 5.75 Å². The summed E-state index contributed by atoms with van der Waals surface area (Å²) in [6, 6.07) is 26.8. The Labute approximate surface area is 243 Å². The van der Waals surface area contributed by atoms with Gasteiger partial charge in [-0.2, -0.15) is 0 Å². The highest BCUT2D eigenvalue weighted by molar-refractivity contribution is 5.89. The number of anilines is 1. The molecule has 2 heterocycles. The number of rotatable bonds is 12. The molecule has 1 saturated heterocycles. The average Bonchev–Trinajstić information content (AvgIpc) is 3.42. The summed E-state index contributed by atoms with van der Waals surface area (Å²) in [5.74, 6) is 0.902. The van der Waals surface area contributed by atoms with Gasteiger partial charge in [-0.25, -0.2) is 9.78 Å². The van der Waals surface area contributed by atoms with Gasteiger partial charge in [0, 0.05) is 57.3 Å². The lowest BCUT2D eigenvalue weighted by atomic mass is 10.2. The van der Waals surface area contributed by atoms with Crippen LogP contribution in [-0.4, -0.2) is 58.1 Å². The Hall–Kier alpha value is -4.14. The molecule has 8 heteroatoms. The number of nitrogens with one attached hydrogen (secondary N) is 2. The lowest BCUT2D eigenvalue weighted by molar-refractivity contribution is 0.247. The molecule has 41 heavy (non-hydrogen) atoms. The van der Waals surface area contributed by atoms with Crippen LogP contribution in [-0.2, 0) is 26.2 Å². The number of urea groups is 1. The quantitative estimate of drug-likeness (QED) is 0.231. The van der Waals surface area contributed by atoms with E-state index in [4.69, 9.17) is 4.74 Å². The molecule has 0 saturated carbocycles. The molecule has 0 spiro atoms. The zero-order valence-electron chi connectivity index (χ0n) is 23.6. The predicted molar refractivity (Wildman–Crippen MR) is 163 cm³/mol. The molecule has 0 radical (unpaired) electrons. The topological polar surface area (TPSA) is 74.7 Å². The van der Waals surface area contributed by atoms with E-state index in [1.807, 2.05) is 41.1 Å². The van der Waals surface area contributed by atoms with Crippen molar-refractivity contribution in [2.75, 3.05) is 38.0 Å². The molecule has 1 aliphatic heterocycles. The minimum Gasteiger partial charge on any atom is -0.489 e. The molecule has 1 fully saturated rings. The van der Waals surface area contributed by atoms with E-state index in [9.17, 15) is 4.79 Å². The summed E-state index contributed by atoms with van der Waals surface area (Å²) in [5, 5.41) is 5.91. The highest BCUT2D eigenvalue weighted by Gasteiger charge is 2.16. The van der Waals surface area contributed by atoms with E-state index in [-0.39, 0.29) is 6.03 Å². The number of nitrogens with zero attached hydrogens (tertiary/aromatic N) is 4. The zero-order chi connectivity index (χ0) is 28.1. The maximum atomic E-state index is 12.4. The number of ether oxygens (including phenoxy) is 1. The highest BCUT2D eigenvalue weighted by atomic mass is 16.5. The average molecular weight is 553 g/mol. The van der Waals surface area contributed by atoms with Gasteiger partial charge in [-0.3, -0.25) is 9.80 Å². The number of carbonyl (C=O) groups excluding carboxylic acids is 1. The van der Waals surface area contributed by atoms with Crippen molar-refractivity contribution in [2.24, 2.45) is 0 Å². The van der Waals surface area contributed by atoms with Gasteiger partial charge in [0.25, 0.3) is 0 Å². The Bertz CT molecular complexity index is 1330. The fraction of sp³-hybridized carbons (Fsp3) is 0.333. The minimum atomic E-state index is -0.172. The Morgan fingerprint density at radius 2 is 1.59 bits per heavy atom. The van der Waals surface area contributed by atoms with Gasteiger partial charge in [-0.1, -0.05) is 54.6 Å². The Morgan fingerprint density at radius 3 is 2.34 bits per heavy atom. The molecule has 0 bridgehead atoms. The number of aromatic nitrogens is 2. The molecule has 3 aromatic carbocycles. The van der Waals surface area contributed by atoms with Crippen LogP contribution in [0.4, 0.5) is 10.5 Å². The van der Waals surface area contributed by atoms with E-state index in [0.717, 1.165) is 70.1 Å². The van der Waals surface area contributed by atoms with Gasteiger partial charge < -0.3 is 19.9 Å². The number of amides is 2. The molecular weight excluding hydrogens is 512 g/mol. The monoisotopic (exact) mass is 552 g/mol. The normalized spacial score (nSPS) is 14.3. The number of aryl methyl sites for hydroxylation is 1. The van der Waals surface area contributed by atoms with E-state index in [0.29, 0.717) is 13.2 Å². The number of carbonyl (C=O) groups is 1. The highest BCUT2D eigenvalue weighted by Crippen LogP contribution is 2.18. The number of benzene rings is 3. The first-order valence-electron chi connectivity index (χ1n) is 14.5. The Kier molecular flexibility index (Phi) is 10.4. The maximum absolute atomic E-state index is 12.4. The third-order valence-corrected chi connectivity index (χ3v) is 7.29. The van der Waals surface area contributed by atoms with Crippen molar-refractivity contribution in [3.05, 3.63) is 114 Å². The van der Waals surface area contributed by atoms with E-state index in [1.165, 1.54) is 16.7 Å². The summed E-state index contributed by atoms with van der Waals surface area (Å²) in [5.41, 5.74) is 4.52. The van der Waals surface area contributed by atoms with Gasteiger partial charge >= 0.3 is 6.03 Å². The van der Waals surface area contributed by atoms with Crippen LogP contribution in [0.5, 0.6) is 5.75 Å². The van der Waals surface area contributed by atoms with Crippen LogP contribution in [0.25, 0.3) is 0 Å². The first-order chi connectivity index (χ1) is 20.2. The molecule has 0 unspecified atom stereocenters. The smallest absolute Gasteiger partial charge is 0.319 e. The van der Waals surface area contributed by atoms with E-state index in [1.54, 1.807) is 12.5 Å². The first kappa shape index (κ1) is 28.4. The van der Waals surface area contributed by atoms with Crippen LogP contribution >= 0.6 is 0 Å². The fourth-order valence-corrected chi connectivity index (χ4v) is 5.09. The van der Waals surface area contributed by atoms with E-state index >= 15 is 0 Å². The summed E-state index contributed by atoms with van der Waals surface area (Å²) in [6.07, 6.45) is 7.46. The Morgan fingerprint density at radius 1 is 0.829 bits per heavy atom. The molecule has 0 aliphatic carbocycles. The second-order valence-corrected chi connectivity index (χ2v) is 10.6. The van der Waals surface area contributed by atoms with Crippen LogP contribution in [0.2, 0.25) is 0 Å². The predicted octanol–water partition coefficient (Wildman–Crippen LogP) is 5.38. The van der Waals surface area contributed by atoms with Gasteiger partial charge in [0.1, 0.15) is 12.4 Å². The number of hydrogen-bond acceptors (Lipinski definition) is 5. The van der Waals surface area contributed by atoms with Crippen molar-refractivity contribution in [1.82, 2.24) is 24.7 Å². The molecule has 4 aromatic rings. The van der Waals surface area contributed by atoms with E-state index < -0.39 is 0 Å². The molecule has 2 N–H and O–H groups in total. The van der Waals surface area contributed by atoms with Crippen LogP contribution in [0, 0.1) is 0 Å². The van der Waals surface area contributed by atoms with Crippen LogP contribution in [0.3, 0.4) is 0 Å². The van der Waals surface area contributed by atoms with Gasteiger partial charge in [0.2, 0.25) is 0 Å². The molecule has 214 valence electrons. The van der Waals surface area contributed by atoms with Crippen molar-refractivity contribution < 1.29 is 9.53 Å².